The number of halogens is 2. The highest BCUT2D eigenvalue weighted by Gasteiger charge is 2.36. The summed E-state index contributed by atoms with van der Waals surface area (Å²) in [6.45, 7) is -0.283. The van der Waals surface area contributed by atoms with Crippen LogP contribution in [0.15, 0.2) is 48.5 Å². The molecule has 1 amide bonds. The van der Waals surface area contributed by atoms with Crippen LogP contribution in [0.5, 0.6) is 0 Å². The number of amides is 1. The fourth-order valence-electron chi connectivity index (χ4n) is 2.73. The number of ketones is 1. The van der Waals surface area contributed by atoms with Gasteiger partial charge in [0, 0.05) is 29.2 Å². The van der Waals surface area contributed by atoms with E-state index in [4.69, 9.17) is 16.3 Å². The maximum atomic E-state index is 12.9. The fourth-order valence-corrected chi connectivity index (χ4v) is 2.92. The number of hydrogen-bond donors (Lipinski definition) is 0. The largest absolute Gasteiger partial charge is 0.457 e. The molecule has 0 bridgehead atoms. The Balaban J connectivity index is 1.58. The van der Waals surface area contributed by atoms with E-state index in [0.29, 0.717) is 10.7 Å². The highest BCUT2D eigenvalue weighted by Crippen LogP contribution is 2.27. The predicted octanol–water partition coefficient (Wildman–Crippen LogP) is 3.26. The molecule has 1 saturated heterocycles. The fraction of sp³-hybridized carbons (Fsp3) is 0.211. The zero-order valence-corrected chi connectivity index (χ0v) is 14.4. The Morgan fingerprint density at radius 2 is 1.92 bits per heavy atom. The van der Waals surface area contributed by atoms with E-state index < -0.39 is 30.1 Å². The van der Waals surface area contributed by atoms with Crippen LogP contribution >= 0.6 is 11.6 Å². The van der Waals surface area contributed by atoms with E-state index in [1.807, 2.05) is 0 Å². The molecule has 26 heavy (non-hydrogen) atoms. The molecule has 1 aliphatic rings. The topological polar surface area (TPSA) is 63.7 Å². The third-order valence-electron chi connectivity index (χ3n) is 4.09. The minimum absolute atomic E-state index is 0.0100. The van der Waals surface area contributed by atoms with Crippen LogP contribution in [-0.2, 0) is 14.3 Å². The molecule has 0 aromatic heterocycles. The summed E-state index contributed by atoms with van der Waals surface area (Å²) in [5.41, 5.74) is 0.863. The molecule has 3 rings (SSSR count). The van der Waals surface area contributed by atoms with E-state index in [1.54, 1.807) is 24.3 Å². The van der Waals surface area contributed by atoms with Gasteiger partial charge in [0.2, 0.25) is 5.91 Å². The van der Waals surface area contributed by atoms with Crippen molar-refractivity contribution in [3.63, 3.8) is 0 Å². The molecule has 1 aliphatic heterocycles. The van der Waals surface area contributed by atoms with E-state index in [9.17, 15) is 18.8 Å². The summed E-state index contributed by atoms with van der Waals surface area (Å²) < 4.78 is 17.9. The Morgan fingerprint density at radius 1 is 1.19 bits per heavy atom. The van der Waals surface area contributed by atoms with Crippen LogP contribution in [-0.4, -0.2) is 30.8 Å². The van der Waals surface area contributed by atoms with Gasteiger partial charge < -0.3 is 9.64 Å². The third-order valence-corrected chi connectivity index (χ3v) is 4.33. The normalized spacial score (nSPS) is 16.6. The molecule has 134 valence electrons. The van der Waals surface area contributed by atoms with Crippen LogP contribution in [0.1, 0.15) is 16.8 Å². The zero-order chi connectivity index (χ0) is 18.7. The number of esters is 1. The lowest BCUT2D eigenvalue weighted by atomic mass is 10.1. The van der Waals surface area contributed by atoms with Crippen molar-refractivity contribution < 1.29 is 23.5 Å². The lowest BCUT2D eigenvalue weighted by Gasteiger charge is -2.16. The molecule has 2 aromatic rings. The second kappa shape index (κ2) is 7.66. The van der Waals surface area contributed by atoms with Crippen molar-refractivity contribution >= 4 is 34.9 Å². The Morgan fingerprint density at radius 3 is 2.62 bits per heavy atom. The number of carbonyl (C=O) groups is 3. The second-order valence-electron chi connectivity index (χ2n) is 5.92. The molecule has 0 aliphatic carbocycles. The van der Waals surface area contributed by atoms with Crippen LogP contribution in [0.25, 0.3) is 0 Å². The molecule has 7 heteroatoms. The van der Waals surface area contributed by atoms with Gasteiger partial charge in [0.1, 0.15) is 5.82 Å². The van der Waals surface area contributed by atoms with Gasteiger partial charge in [-0.3, -0.25) is 14.4 Å². The number of ether oxygens (including phenoxy) is 1. The predicted molar refractivity (Wildman–Crippen MR) is 93.6 cm³/mol. The van der Waals surface area contributed by atoms with Crippen LogP contribution in [0.4, 0.5) is 10.1 Å². The first-order valence-electron chi connectivity index (χ1n) is 7.95. The van der Waals surface area contributed by atoms with Gasteiger partial charge in [0.15, 0.2) is 12.4 Å². The Hall–Kier alpha value is -2.73. The van der Waals surface area contributed by atoms with Crippen LogP contribution in [0.3, 0.4) is 0 Å². The highest BCUT2D eigenvalue weighted by molar-refractivity contribution is 6.31. The van der Waals surface area contributed by atoms with Crippen LogP contribution in [0.2, 0.25) is 5.02 Å². The molecule has 0 spiro atoms. The van der Waals surface area contributed by atoms with Gasteiger partial charge in [-0.05, 0) is 42.5 Å². The van der Waals surface area contributed by atoms with E-state index in [-0.39, 0.29) is 24.4 Å². The molecule has 0 N–H and O–H groups in total. The molecule has 1 fully saturated rings. The van der Waals surface area contributed by atoms with Crippen LogP contribution < -0.4 is 4.90 Å². The first-order chi connectivity index (χ1) is 12.4. The van der Waals surface area contributed by atoms with Gasteiger partial charge in [-0.2, -0.15) is 0 Å². The first-order valence-corrected chi connectivity index (χ1v) is 8.33. The third kappa shape index (κ3) is 4.08. The van der Waals surface area contributed by atoms with Crippen molar-refractivity contribution in [1.29, 1.82) is 0 Å². The van der Waals surface area contributed by atoms with Gasteiger partial charge in [-0.25, -0.2) is 4.39 Å². The molecule has 1 heterocycles. The first kappa shape index (κ1) is 18.1. The van der Waals surface area contributed by atoms with Gasteiger partial charge in [0.05, 0.1) is 5.92 Å². The minimum atomic E-state index is -0.650. The molecule has 0 saturated carbocycles. The van der Waals surface area contributed by atoms with Gasteiger partial charge in [-0.15, -0.1) is 0 Å². The van der Waals surface area contributed by atoms with Crippen LogP contribution in [0, 0.1) is 11.7 Å². The van der Waals surface area contributed by atoms with Crippen molar-refractivity contribution in [1.82, 2.24) is 0 Å². The van der Waals surface area contributed by atoms with E-state index in [1.165, 1.54) is 17.0 Å². The summed E-state index contributed by atoms with van der Waals surface area (Å²) >= 11 is 5.93. The molecular weight excluding hydrogens is 361 g/mol. The summed E-state index contributed by atoms with van der Waals surface area (Å²) in [5.74, 6) is -2.36. The van der Waals surface area contributed by atoms with Gasteiger partial charge in [0.25, 0.3) is 0 Å². The second-order valence-corrected chi connectivity index (χ2v) is 6.36. The van der Waals surface area contributed by atoms with Crippen molar-refractivity contribution in [3.8, 4) is 0 Å². The summed E-state index contributed by atoms with van der Waals surface area (Å²) in [7, 11) is 0. The number of nitrogens with zero attached hydrogens (tertiary/aromatic N) is 1. The van der Waals surface area contributed by atoms with Gasteiger partial charge in [-0.1, -0.05) is 17.7 Å². The molecule has 0 unspecified atom stereocenters. The quantitative estimate of drug-likeness (QED) is 0.594. The number of anilines is 1. The Kier molecular flexibility index (Phi) is 5.32. The van der Waals surface area contributed by atoms with Crippen molar-refractivity contribution in [2.45, 2.75) is 6.42 Å². The molecule has 1 atom stereocenters. The van der Waals surface area contributed by atoms with E-state index >= 15 is 0 Å². The maximum absolute atomic E-state index is 12.9. The zero-order valence-electron chi connectivity index (χ0n) is 13.7. The van der Waals surface area contributed by atoms with Crippen molar-refractivity contribution in [2.24, 2.45) is 5.92 Å². The summed E-state index contributed by atoms with van der Waals surface area (Å²) in [4.78, 5) is 37.8. The molecular formula is C19H15ClFNO4. The number of hydrogen-bond acceptors (Lipinski definition) is 4. The molecule has 2 aromatic carbocycles. The summed E-state index contributed by atoms with van der Waals surface area (Å²) in [6, 6.07) is 11.8. The number of carbonyl (C=O) groups excluding carboxylic acids is 3. The average molecular weight is 376 g/mol. The van der Waals surface area contributed by atoms with Gasteiger partial charge >= 0.3 is 5.97 Å². The summed E-state index contributed by atoms with van der Waals surface area (Å²) in [6.07, 6.45) is 0.0100. The maximum Gasteiger partial charge on any atom is 0.311 e. The average Bonchev–Trinajstić information content (AvgIpc) is 3.02. The van der Waals surface area contributed by atoms with E-state index in [2.05, 4.69) is 0 Å². The van der Waals surface area contributed by atoms with Crippen molar-refractivity contribution in [2.75, 3.05) is 18.1 Å². The molecule has 0 radical (unpaired) electrons. The Bertz CT molecular complexity index is 853. The van der Waals surface area contributed by atoms with Crippen molar-refractivity contribution in [3.05, 3.63) is 64.9 Å². The lowest BCUT2D eigenvalue weighted by Crippen LogP contribution is -2.27. The lowest BCUT2D eigenvalue weighted by molar-refractivity contribution is -0.147. The smallest absolute Gasteiger partial charge is 0.311 e. The van der Waals surface area contributed by atoms with E-state index in [0.717, 1.165) is 12.1 Å². The SMILES string of the molecule is O=C(COC(=O)[C@H]1CC(=O)N(c2cccc(Cl)c2)C1)c1ccc(F)cc1. The number of Topliss-reactive ketones (excluding diaryl/α,β-unsaturated/α-hetero) is 1. The standard InChI is InChI=1S/C19H15ClFNO4/c20-14-2-1-3-16(9-14)22-10-13(8-18(22)24)19(25)26-11-17(23)12-4-6-15(21)7-5-12/h1-7,9,13H,8,10-11H2/t13-/m0/s1. The minimum Gasteiger partial charge on any atom is -0.457 e. The Labute approximate surface area is 154 Å². The molecule has 5 nitrogen and oxygen atoms in total. The number of benzene rings is 2. The highest BCUT2D eigenvalue weighted by atomic mass is 35.5. The summed E-state index contributed by atoms with van der Waals surface area (Å²) in [5, 5.41) is 0.492. The monoisotopic (exact) mass is 375 g/mol. The number of rotatable bonds is 5.